The van der Waals surface area contributed by atoms with E-state index in [2.05, 4.69) is 10.4 Å². The molecule has 0 saturated carbocycles. The molecule has 1 N–H and O–H groups in total. The first kappa shape index (κ1) is 11.5. The van der Waals surface area contributed by atoms with Gasteiger partial charge in [0, 0.05) is 11.8 Å². The summed E-state index contributed by atoms with van der Waals surface area (Å²) in [6.45, 7) is 0. The Hall–Kier alpha value is -2.62. The van der Waals surface area contributed by atoms with Crippen molar-refractivity contribution in [3.8, 4) is 5.69 Å². The Morgan fingerprint density at radius 1 is 0.895 bits per heavy atom. The van der Waals surface area contributed by atoms with Crippen LogP contribution in [0.25, 0.3) is 5.69 Å². The molecule has 0 aliphatic rings. The smallest absolute Gasteiger partial charge is 0.134 e. The molecule has 1 aromatic heterocycles. The third-order valence-corrected chi connectivity index (χ3v) is 2.76. The summed E-state index contributed by atoms with van der Waals surface area (Å²) in [6.07, 6.45) is 1.70. The van der Waals surface area contributed by atoms with E-state index >= 15 is 0 Å². The highest BCUT2D eigenvalue weighted by Gasteiger charge is 2.05. The zero-order valence-corrected chi connectivity index (χ0v) is 10.1. The molecule has 0 amide bonds. The molecule has 3 nitrogen and oxygen atoms in total. The highest BCUT2D eigenvalue weighted by Crippen LogP contribution is 2.19. The number of rotatable bonds is 3. The van der Waals surface area contributed by atoms with E-state index in [-0.39, 0.29) is 5.82 Å². The fourth-order valence-electron chi connectivity index (χ4n) is 1.86. The fourth-order valence-corrected chi connectivity index (χ4v) is 1.86. The van der Waals surface area contributed by atoms with Crippen LogP contribution in [0.5, 0.6) is 0 Å². The van der Waals surface area contributed by atoms with Gasteiger partial charge in [-0.25, -0.2) is 9.07 Å². The van der Waals surface area contributed by atoms with Crippen molar-refractivity contribution in [1.29, 1.82) is 0 Å². The van der Waals surface area contributed by atoms with Crippen molar-refractivity contribution in [2.45, 2.75) is 0 Å². The molecule has 94 valence electrons. The van der Waals surface area contributed by atoms with E-state index in [4.69, 9.17) is 0 Å². The Bertz CT molecular complexity index is 659. The summed E-state index contributed by atoms with van der Waals surface area (Å²) in [6, 6.07) is 17.9. The van der Waals surface area contributed by atoms with Crippen molar-refractivity contribution in [3.63, 3.8) is 0 Å². The number of benzene rings is 2. The van der Waals surface area contributed by atoms with Crippen molar-refractivity contribution in [2.24, 2.45) is 0 Å². The van der Waals surface area contributed by atoms with Gasteiger partial charge in [0.25, 0.3) is 0 Å². The lowest BCUT2D eigenvalue weighted by Crippen LogP contribution is -2.02. The maximum absolute atomic E-state index is 12.9. The van der Waals surface area contributed by atoms with Crippen molar-refractivity contribution in [1.82, 2.24) is 9.78 Å². The van der Waals surface area contributed by atoms with Crippen molar-refractivity contribution in [2.75, 3.05) is 5.32 Å². The van der Waals surface area contributed by atoms with Gasteiger partial charge in [0.2, 0.25) is 0 Å². The van der Waals surface area contributed by atoms with E-state index in [0.717, 1.165) is 17.2 Å². The predicted molar refractivity (Wildman–Crippen MR) is 73.2 cm³/mol. The van der Waals surface area contributed by atoms with Crippen LogP contribution in [-0.2, 0) is 0 Å². The molecule has 4 heteroatoms. The average molecular weight is 253 g/mol. The second-order valence-electron chi connectivity index (χ2n) is 4.10. The molecule has 1 heterocycles. The van der Waals surface area contributed by atoms with Gasteiger partial charge in [-0.3, -0.25) is 0 Å². The molecular formula is C15H12FN3. The molecule has 0 fully saturated rings. The second-order valence-corrected chi connectivity index (χ2v) is 4.10. The van der Waals surface area contributed by atoms with Crippen LogP contribution in [0.3, 0.4) is 0 Å². The van der Waals surface area contributed by atoms with Crippen LogP contribution in [0.4, 0.5) is 15.9 Å². The van der Waals surface area contributed by atoms with E-state index in [1.165, 1.54) is 12.1 Å². The number of anilines is 2. The minimum atomic E-state index is -0.256. The number of aromatic nitrogens is 2. The zero-order chi connectivity index (χ0) is 13.1. The van der Waals surface area contributed by atoms with E-state index in [0.29, 0.717) is 0 Å². The summed E-state index contributed by atoms with van der Waals surface area (Å²) in [4.78, 5) is 0. The van der Waals surface area contributed by atoms with Crippen LogP contribution in [0, 0.1) is 5.82 Å². The van der Waals surface area contributed by atoms with E-state index in [1.807, 2.05) is 36.4 Å². The highest BCUT2D eigenvalue weighted by molar-refractivity contribution is 5.58. The van der Waals surface area contributed by atoms with E-state index in [9.17, 15) is 4.39 Å². The van der Waals surface area contributed by atoms with Crippen LogP contribution in [-0.4, -0.2) is 9.78 Å². The van der Waals surface area contributed by atoms with Gasteiger partial charge in [-0.15, -0.1) is 0 Å². The molecule has 0 radical (unpaired) electrons. The topological polar surface area (TPSA) is 29.9 Å². The molecule has 3 aromatic rings. The Labute approximate surface area is 110 Å². The van der Waals surface area contributed by atoms with Crippen LogP contribution >= 0.6 is 0 Å². The van der Waals surface area contributed by atoms with Gasteiger partial charge in [-0.05, 0) is 36.4 Å². The predicted octanol–water partition coefficient (Wildman–Crippen LogP) is 3.76. The summed E-state index contributed by atoms with van der Waals surface area (Å²) in [5.74, 6) is 0.575. The molecular weight excluding hydrogens is 241 g/mol. The molecule has 0 aliphatic carbocycles. The van der Waals surface area contributed by atoms with Crippen LogP contribution in [0.15, 0.2) is 66.9 Å². The molecule has 0 bridgehead atoms. The summed E-state index contributed by atoms with van der Waals surface area (Å²) >= 11 is 0. The van der Waals surface area contributed by atoms with Crippen LogP contribution in [0.2, 0.25) is 0 Å². The summed E-state index contributed by atoms with van der Waals surface area (Å²) in [5.41, 5.74) is 1.79. The van der Waals surface area contributed by atoms with Crippen molar-refractivity contribution >= 4 is 11.5 Å². The first-order chi connectivity index (χ1) is 9.33. The summed E-state index contributed by atoms with van der Waals surface area (Å²) < 4.78 is 14.7. The van der Waals surface area contributed by atoms with Crippen LogP contribution in [0.1, 0.15) is 0 Å². The van der Waals surface area contributed by atoms with Crippen LogP contribution < -0.4 is 5.32 Å². The van der Waals surface area contributed by atoms with Gasteiger partial charge in [0.15, 0.2) is 0 Å². The van der Waals surface area contributed by atoms with Gasteiger partial charge in [0.1, 0.15) is 11.6 Å². The molecule has 3 rings (SSSR count). The highest BCUT2D eigenvalue weighted by atomic mass is 19.1. The average Bonchev–Trinajstić information content (AvgIpc) is 2.89. The molecule has 0 atom stereocenters. The van der Waals surface area contributed by atoms with Crippen molar-refractivity contribution < 1.29 is 4.39 Å². The summed E-state index contributed by atoms with van der Waals surface area (Å²) in [7, 11) is 0. The standard InChI is InChI=1S/C15H12FN3/c16-12-6-8-14(9-7-12)19-15(10-11-17-19)18-13-4-2-1-3-5-13/h1-11,18H. The maximum Gasteiger partial charge on any atom is 0.134 e. The Kier molecular flexibility index (Phi) is 2.98. The third kappa shape index (κ3) is 2.47. The lowest BCUT2D eigenvalue weighted by molar-refractivity contribution is 0.627. The van der Waals surface area contributed by atoms with E-state index < -0.39 is 0 Å². The second kappa shape index (κ2) is 4.94. The monoisotopic (exact) mass is 253 g/mol. The van der Waals surface area contributed by atoms with Gasteiger partial charge >= 0.3 is 0 Å². The first-order valence-corrected chi connectivity index (χ1v) is 5.95. The number of hydrogen-bond donors (Lipinski definition) is 1. The van der Waals surface area contributed by atoms with Crippen molar-refractivity contribution in [3.05, 3.63) is 72.7 Å². The summed E-state index contributed by atoms with van der Waals surface area (Å²) in [5, 5.41) is 7.52. The Morgan fingerprint density at radius 3 is 2.37 bits per heavy atom. The molecule has 0 spiro atoms. The lowest BCUT2D eigenvalue weighted by Gasteiger charge is -2.09. The number of para-hydroxylation sites is 1. The quantitative estimate of drug-likeness (QED) is 0.770. The third-order valence-electron chi connectivity index (χ3n) is 2.76. The molecule has 0 aliphatic heterocycles. The minimum Gasteiger partial charge on any atom is -0.340 e. The van der Waals surface area contributed by atoms with E-state index in [1.54, 1.807) is 23.0 Å². The SMILES string of the molecule is Fc1ccc(-n2nccc2Nc2ccccc2)cc1. The molecule has 19 heavy (non-hydrogen) atoms. The largest absolute Gasteiger partial charge is 0.340 e. The number of halogens is 1. The molecule has 2 aromatic carbocycles. The van der Waals surface area contributed by atoms with Gasteiger partial charge in [0.05, 0.1) is 11.9 Å². The minimum absolute atomic E-state index is 0.256. The Balaban J connectivity index is 1.92. The number of nitrogens with one attached hydrogen (secondary N) is 1. The number of nitrogens with zero attached hydrogens (tertiary/aromatic N) is 2. The zero-order valence-electron chi connectivity index (χ0n) is 10.1. The number of hydrogen-bond acceptors (Lipinski definition) is 2. The van der Waals surface area contributed by atoms with Gasteiger partial charge < -0.3 is 5.32 Å². The Morgan fingerprint density at radius 2 is 1.63 bits per heavy atom. The molecule has 0 unspecified atom stereocenters. The first-order valence-electron chi connectivity index (χ1n) is 5.95. The molecule has 0 saturated heterocycles. The fraction of sp³-hybridized carbons (Fsp3) is 0. The lowest BCUT2D eigenvalue weighted by atomic mass is 10.3. The van der Waals surface area contributed by atoms with Gasteiger partial charge in [-0.2, -0.15) is 5.10 Å². The normalized spacial score (nSPS) is 10.4. The maximum atomic E-state index is 12.9. The van der Waals surface area contributed by atoms with Gasteiger partial charge in [-0.1, -0.05) is 18.2 Å².